The van der Waals surface area contributed by atoms with Gasteiger partial charge in [-0.05, 0) is 36.1 Å². The fraction of sp³-hybridized carbons (Fsp3) is 0.235. The van der Waals surface area contributed by atoms with Gasteiger partial charge in [0.05, 0.1) is 17.5 Å². The number of aromatic hydroxyl groups is 1. The van der Waals surface area contributed by atoms with Crippen molar-refractivity contribution in [3.8, 4) is 5.75 Å². The van der Waals surface area contributed by atoms with Crippen molar-refractivity contribution in [3.05, 3.63) is 63.7 Å². The van der Waals surface area contributed by atoms with Crippen LogP contribution in [0.2, 0.25) is 0 Å². The predicted molar refractivity (Wildman–Crippen MR) is 88.9 cm³/mol. The summed E-state index contributed by atoms with van der Waals surface area (Å²) in [5.41, 5.74) is 2.03. The molecule has 3 N–H and O–H groups in total. The van der Waals surface area contributed by atoms with Crippen LogP contribution in [0.5, 0.6) is 5.75 Å². The molecule has 124 valence electrons. The van der Waals surface area contributed by atoms with E-state index in [-0.39, 0.29) is 29.9 Å². The van der Waals surface area contributed by atoms with Crippen LogP contribution in [0.1, 0.15) is 23.6 Å². The van der Waals surface area contributed by atoms with E-state index in [1.54, 1.807) is 30.3 Å². The fourth-order valence-corrected chi connectivity index (χ4v) is 2.99. The number of hydrogen-bond donors (Lipinski definition) is 3. The molecule has 0 heterocycles. The first-order chi connectivity index (χ1) is 11.6. The number of anilines is 1. The fourth-order valence-electron chi connectivity index (χ4n) is 2.99. The molecule has 0 aromatic heterocycles. The van der Waals surface area contributed by atoms with Crippen LogP contribution in [0.4, 0.5) is 11.4 Å². The van der Waals surface area contributed by atoms with Gasteiger partial charge in [-0.2, -0.15) is 0 Å². The number of fused-ring (bicyclic) bond motifs is 1. The summed E-state index contributed by atoms with van der Waals surface area (Å²) in [6.07, 6.45) is 1.44. The lowest BCUT2D eigenvalue weighted by Crippen LogP contribution is -2.32. The highest BCUT2D eigenvalue weighted by molar-refractivity contribution is 5.82. The minimum atomic E-state index is -0.490. The van der Waals surface area contributed by atoms with E-state index in [1.807, 2.05) is 6.07 Å². The van der Waals surface area contributed by atoms with Crippen molar-refractivity contribution >= 4 is 17.3 Å². The van der Waals surface area contributed by atoms with Crippen LogP contribution < -0.4 is 10.6 Å². The minimum absolute atomic E-state index is 0.0600. The Morgan fingerprint density at radius 2 is 2.04 bits per heavy atom. The van der Waals surface area contributed by atoms with Crippen molar-refractivity contribution in [2.75, 3.05) is 11.9 Å². The van der Waals surface area contributed by atoms with Crippen molar-refractivity contribution in [2.24, 2.45) is 0 Å². The van der Waals surface area contributed by atoms with Crippen molar-refractivity contribution in [2.45, 2.75) is 18.9 Å². The van der Waals surface area contributed by atoms with E-state index in [2.05, 4.69) is 10.6 Å². The number of hydrogen-bond acceptors (Lipinski definition) is 5. The standard InChI is InChI=1S/C17H17N3O4/c21-16-7-3-4-11-12(16)8-9-13(11)19-17(22)10-18-14-5-1-2-6-15(14)20(23)24/h1-7,13,18,21H,8-10H2,(H,19,22)/t13-/m1/s1. The Kier molecular flexibility index (Phi) is 4.33. The maximum Gasteiger partial charge on any atom is 0.292 e. The average molecular weight is 327 g/mol. The number of benzene rings is 2. The number of phenols is 1. The molecule has 2 aromatic carbocycles. The third kappa shape index (κ3) is 3.15. The normalized spacial score (nSPS) is 15.6. The van der Waals surface area contributed by atoms with Gasteiger partial charge in [0.25, 0.3) is 5.69 Å². The highest BCUT2D eigenvalue weighted by Gasteiger charge is 2.25. The number of nitrogens with zero attached hydrogens (tertiary/aromatic N) is 1. The summed E-state index contributed by atoms with van der Waals surface area (Å²) in [4.78, 5) is 22.6. The molecule has 0 fully saturated rings. The highest BCUT2D eigenvalue weighted by atomic mass is 16.6. The molecule has 1 atom stereocenters. The second kappa shape index (κ2) is 6.57. The van der Waals surface area contributed by atoms with E-state index < -0.39 is 4.92 Å². The summed E-state index contributed by atoms with van der Waals surface area (Å²) in [6, 6.07) is 11.3. The summed E-state index contributed by atoms with van der Waals surface area (Å²) in [5, 5.41) is 26.5. The zero-order chi connectivity index (χ0) is 17.1. The van der Waals surface area contributed by atoms with E-state index in [9.17, 15) is 20.0 Å². The van der Waals surface area contributed by atoms with E-state index in [0.717, 1.165) is 17.5 Å². The van der Waals surface area contributed by atoms with Crippen LogP contribution in [0.25, 0.3) is 0 Å². The van der Waals surface area contributed by atoms with Gasteiger partial charge in [-0.1, -0.05) is 24.3 Å². The number of nitro groups is 1. The molecule has 1 amide bonds. The Labute approximate surface area is 138 Å². The minimum Gasteiger partial charge on any atom is -0.508 e. The van der Waals surface area contributed by atoms with Crippen molar-refractivity contribution < 1.29 is 14.8 Å². The van der Waals surface area contributed by atoms with Crippen LogP contribution in [-0.4, -0.2) is 22.5 Å². The molecule has 3 rings (SSSR count). The van der Waals surface area contributed by atoms with Crippen LogP contribution in [-0.2, 0) is 11.2 Å². The summed E-state index contributed by atoms with van der Waals surface area (Å²) in [6.45, 7) is -0.0600. The molecule has 1 aliphatic rings. The number of nitrogens with one attached hydrogen (secondary N) is 2. The van der Waals surface area contributed by atoms with Crippen molar-refractivity contribution in [1.29, 1.82) is 0 Å². The molecule has 0 unspecified atom stereocenters. The molecular formula is C17H17N3O4. The molecule has 0 saturated heterocycles. The number of rotatable bonds is 5. The molecule has 0 saturated carbocycles. The van der Waals surface area contributed by atoms with Gasteiger partial charge in [0.1, 0.15) is 11.4 Å². The number of amides is 1. The molecule has 0 bridgehead atoms. The quantitative estimate of drug-likeness (QED) is 0.578. The van der Waals surface area contributed by atoms with Gasteiger partial charge in [0.2, 0.25) is 5.91 Å². The van der Waals surface area contributed by atoms with E-state index in [1.165, 1.54) is 6.07 Å². The lowest BCUT2D eigenvalue weighted by molar-refractivity contribution is -0.383. The van der Waals surface area contributed by atoms with E-state index in [0.29, 0.717) is 12.1 Å². The van der Waals surface area contributed by atoms with Crippen LogP contribution in [0, 0.1) is 10.1 Å². The average Bonchev–Trinajstić information content (AvgIpc) is 2.97. The van der Waals surface area contributed by atoms with Gasteiger partial charge < -0.3 is 15.7 Å². The molecule has 1 aliphatic carbocycles. The monoisotopic (exact) mass is 327 g/mol. The Balaban J connectivity index is 1.62. The largest absolute Gasteiger partial charge is 0.508 e. The topological polar surface area (TPSA) is 104 Å². The molecular weight excluding hydrogens is 310 g/mol. The SMILES string of the molecule is O=C(CNc1ccccc1[N+](=O)[O-])N[C@@H]1CCc2c(O)cccc21. The first kappa shape index (κ1) is 15.8. The van der Waals surface area contributed by atoms with Gasteiger partial charge in [0, 0.05) is 6.07 Å². The zero-order valence-electron chi connectivity index (χ0n) is 12.9. The van der Waals surface area contributed by atoms with Crippen molar-refractivity contribution in [3.63, 3.8) is 0 Å². The zero-order valence-corrected chi connectivity index (χ0v) is 12.9. The molecule has 0 aliphatic heterocycles. The number of phenolic OH excluding ortho intramolecular Hbond substituents is 1. The number of para-hydroxylation sites is 2. The van der Waals surface area contributed by atoms with Crippen LogP contribution in [0.15, 0.2) is 42.5 Å². The van der Waals surface area contributed by atoms with Crippen LogP contribution >= 0.6 is 0 Å². The van der Waals surface area contributed by atoms with Gasteiger partial charge in [-0.3, -0.25) is 14.9 Å². The van der Waals surface area contributed by atoms with E-state index in [4.69, 9.17) is 0 Å². The highest BCUT2D eigenvalue weighted by Crippen LogP contribution is 2.36. The Hall–Kier alpha value is -3.09. The first-order valence-corrected chi connectivity index (χ1v) is 7.63. The molecule has 2 aromatic rings. The lowest BCUT2D eigenvalue weighted by atomic mass is 10.1. The van der Waals surface area contributed by atoms with E-state index >= 15 is 0 Å². The second-order valence-electron chi connectivity index (χ2n) is 5.63. The lowest BCUT2D eigenvalue weighted by Gasteiger charge is -2.15. The third-order valence-corrected chi connectivity index (χ3v) is 4.12. The van der Waals surface area contributed by atoms with Gasteiger partial charge in [0.15, 0.2) is 0 Å². The Morgan fingerprint density at radius 1 is 1.25 bits per heavy atom. The molecule has 7 heteroatoms. The first-order valence-electron chi connectivity index (χ1n) is 7.63. The van der Waals surface area contributed by atoms with Gasteiger partial charge in [-0.15, -0.1) is 0 Å². The van der Waals surface area contributed by atoms with Crippen LogP contribution in [0.3, 0.4) is 0 Å². The Morgan fingerprint density at radius 3 is 2.83 bits per heavy atom. The van der Waals surface area contributed by atoms with Crippen molar-refractivity contribution in [1.82, 2.24) is 5.32 Å². The summed E-state index contributed by atoms with van der Waals surface area (Å²) in [5.74, 6) is -0.00312. The summed E-state index contributed by atoms with van der Waals surface area (Å²) >= 11 is 0. The maximum atomic E-state index is 12.1. The maximum absolute atomic E-state index is 12.1. The molecule has 0 spiro atoms. The number of nitro benzene ring substituents is 1. The van der Waals surface area contributed by atoms with Gasteiger partial charge >= 0.3 is 0 Å². The second-order valence-corrected chi connectivity index (χ2v) is 5.63. The predicted octanol–water partition coefficient (Wildman–Crippen LogP) is 2.52. The van der Waals surface area contributed by atoms with Gasteiger partial charge in [-0.25, -0.2) is 0 Å². The summed E-state index contributed by atoms with van der Waals surface area (Å²) < 4.78 is 0. The third-order valence-electron chi connectivity index (χ3n) is 4.12. The Bertz CT molecular complexity index is 791. The molecule has 7 nitrogen and oxygen atoms in total. The summed E-state index contributed by atoms with van der Waals surface area (Å²) in [7, 11) is 0. The number of carbonyl (C=O) groups excluding carboxylic acids is 1. The molecule has 24 heavy (non-hydrogen) atoms. The number of carbonyl (C=O) groups is 1. The molecule has 0 radical (unpaired) electrons. The smallest absolute Gasteiger partial charge is 0.292 e.